The molecule has 0 aliphatic heterocycles. The lowest BCUT2D eigenvalue weighted by molar-refractivity contribution is 0.409. The summed E-state index contributed by atoms with van der Waals surface area (Å²) in [5, 5.41) is 3.28. The van der Waals surface area contributed by atoms with E-state index in [2.05, 4.69) is 29.8 Å². The van der Waals surface area contributed by atoms with Gasteiger partial charge < -0.3 is 9.95 Å². The molecule has 9 nitrogen and oxygen atoms in total. The van der Waals surface area contributed by atoms with Gasteiger partial charge in [0.25, 0.3) is 10.0 Å². The van der Waals surface area contributed by atoms with Gasteiger partial charge in [-0.3, -0.25) is 5.84 Å². The number of sulfonamides is 1. The number of nitrogen functional groups attached to an aromatic ring is 1. The molecule has 0 atom stereocenters. The Balaban J connectivity index is 2.20. The number of anilines is 1. The molecule has 0 spiro atoms. The molecule has 4 N–H and O–H groups in total. The van der Waals surface area contributed by atoms with E-state index in [1.54, 1.807) is 6.07 Å². The summed E-state index contributed by atoms with van der Waals surface area (Å²) in [7, 11) is -3.80. The Kier molecular flexibility index (Phi) is 3.50. The zero-order valence-electron chi connectivity index (χ0n) is 9.07. The van der Waals surface area contributed by atoms with Crippen LogP contribution in [0.5, 0.6) is 0 Å². The zero-order chi connectivity index (χ0) is 13.0. The van der Waals surface area contributed by atoms with E-state index < -0.39 is 10.0 Å². The van der Waals surface area contributed by atoms with Crippen LogP contribution in [0.4, 0.5) is 5.69 Å². The smallest absolute Gasteiger partial charge is 0.260 e. The molecule has 2 heterocycles. The van der Waals surface area contributed by atoms with Gasteiger partial charge in [-0.15, -0.1) is 0 Å². The van der Waals surface area contributed by atoms with E-state index in [-0.39, 0.29) is 23.1 Å². The second kappa shape index (κ2) is 5.08. The average molecular weight is 270 g/mol. The second-order valence-corrected chi connectivity index (χ2v) is 4.85. The van der Waals surface area contributed by atoms with Crippen molar-refractivity contribution in [3.63, 3.8) is 0 Å². The Bertz CT molecular complexity index is 612. The molecular weight excluding hydrogens is 260 g/mol. The maximum Gasteiger partial charge on any atom is 0.260 e. The molecule has 0 fully saturated rings. The fraction of sp³-hybridized carbons (Fsp3) is 0.125. The van der Waals surface area contributed by atoms with Gasteiger partial charge in [0.05, 0.1) is 12.2 Å². The average Bonchev–Trinajstić information content (AvgIpc) is 2.89. The van der Waals surface area contributed by atoms with Crippen LogP contribution in [-0.4, -0.2) is 23.5 Å². The molecule has 2 aromatic heterocycles. The largest absolute Gasteiger partial charge is 0.343 e. The van der Waals surface area contributed by atoms with Crippen LogP contribution in [0.3, 0.4) is 0 Å². The van der Waals surface area contributed by atoms with Crippen LogP contribution in [-0.2, 0) is 16.6 Å². The van der Waals surface area contributed by atoms with Crippen LogP contribution in [0, 0.1) is 0 Å². The Labute approximate surface area is 102 Å². The third-order valence-corrected chi connectivity index (χ3v) is 3.37. The fourth-order valence-corrected chi connectivity index (χ4v) is 2.28. The maximum absolute atomic E-state index is 12.0. The summed E-state index contributed by atoms with van der Waals surface area (Å²) in [6, 6.07) is 3.06. The molecule has 10 heteroatoms. The molecule has 0 saturated heterocycles. The number of nitrogens with one attached hydrogen (secondary N) is 2. The minimum atomic E-state index is -3.80. The third kappa shape index (κ3) is 2.61. The van der Waals surface area contributed by atoms with Crippen molar-refractivity contribution in [2.45, 2.75) is 11.6 Å². The molecule has 2 aromatic rings. The first-order chi connectivity index (χ1) is 8.63. The van der Waals surface area contributed by atoms with E-state index in [0.717, 1.165) is 6.39 Å². The lowest BCUT2D eigenvalue weighted by Gasteiger charge is -2.08. The SMILES string of the molecule is NNc1cccnc1S(=O)(=O)NCc1ncon1. The Morgan fingerprint density at radius 3 is 2.89 bits per heavy atom. The van der Waals surface area contributed by atoms with Crippen LogP contribution in [0.2, 0.25) is 0 Å². The monoisotopic (exact) mass is 270 g/mol. The topological polar surface area (TPSA) is 136 Å². The predicted octanol–water partition coefficient (Wildman–Crippen LogP) is -0.771. The van der Waals surface area contributed by atoms with Crippen molar-refractivity contribution < 1.29 is 12.9 Å². The van der Waals surface area contributed by atoms with Crippen molar-refractivity contribution in [2.24, 2.45) is 5.84 Å². The molecule has 0 saturated carbocycles. The number of aromatic nitrogens is 3. The van der Waals surface area contributed by atoms with Gasteiger partial charge in [-0.2, -0.15) is 4.98 Å². The zero-order valence-corrected chi connectivity index (χ0v) is 9.88. The highest BCUT2D eigenvalue weighted by molar-refractivity contribution is 7.89. The summed E-state index contributed by atoms with van der Waals surface area (Å²) in [6.07, 6.45) is 2.46. The van der Waals surface area contributed by atoms with E-state index in [0.29, 0.717) is 0 Å². The van der Waals surface area contributed by atoms with E-state index >= 15 is 0 Å². The normalized spacial score (nSPS) is 11.4. The Morgan fingerprint density at radius 1 is 1.39 bits per heavy atom. The minimum absolute atomic E-state index is 0.0978. The van der Waals surface area contributed by atoms with Gasteiger partial charge in [-0.05, 0) is 12.1 Å². The first kappa shape index (κ1) is 12.4. The summed E-state index contributed by atoms with van der Waals surface area (Å²) >= 11 is 0. The van der Waals surface area contributed by atoms with Gasteiger partial charge in [0, 0.05) is 6.20 Å². The third-order valence-electron chi connectivity index (χ3n) is 2.01. The standard InChI is InChI=1S/C8H10N6O3S/c9-13-6-2-1-3-10-8(6)18(15,16)12-4-7-11-5-17-14-7/h1-3,5,12-13H,4,9H2. The predicted molar refractivity (Wildman–Crippen MR) is 60.4 cm³/mol. The van der Waals surface area contributed by atoms with Crippen LogP contribution in [0.15, 0.2) is 34.3 Å². The number of hydrazine groups is 1. The van der Waals surface area contributed by atoms with Crippen molar-refractivity contribution in [3.05, 3.63) is 30.5 Å². The van der Waals surface area contributed by atoms with Gasteiger partial charge in [0.1, 0.15) is 0 Å². The van der Waals surface area contributed by atoms with Gasteiger partial charge >= 0.3 is 0 Å². The highest BCUT2D eigenvalue weighted by Gasteiger charge is 2.20. The van der Waals surface area contributed by atoms with Crippen molar-refractivity contribution >= 4 is 15.7 Å². The van der Waals surface area contributed by atoms with Gasteiger partial charge in [-0.1, -0.05) is 5.16 Å². The first-order valence-electron chi connectivity index (χ1n) is 4.80. The maximum atomic E-state index is 12.0. The number of hydrogen-bond donors (Lipinski definition) is 3. The minimum Gasteiger partial charge on any atom is -0.343 e. The van der Waals surface area contributed by atoms with E-state index in [9.17, 15) is 8.42 Å². The van der Waals surface area contributed by atoms with E-state index in [1.807, 2.05) is 0 Å². The molecule has 0 radical (unpaired) electrons. The summed E-state index contributed by atoms with van der Waals surface area (Å²) in [6.45, 7) is -0.0978. The molecule has 2 rings (SSSR count). The highest BCUT2D eigenvalue weighted by atomic mass is 32.2. The van der Waals surface area contributed by atoms with E-state index in [1.165, 1.54) is 12.3 Å². The van der Waals surface area contributed by atoms with Crippen molar-refractivity contribution in [3.8, 4) is 0 Å². The quantitative estimate of drug-likeness (QED) is 0.476. The highest BCUT2D eigenvalue weighted by Crippen LogP contribution is 2.16. The summed E-state index contributed by atoms with van der Waals surface area (Å²) in [4.78, 5) is 7.45. The van der Waals surface area contributed by atoms with Gasteiger partial charge in [0.2, 0.25) is 6.39 Å². The molecule has 0 aromatic carbocycles. The number of pyridine rings is 1. The summed E-state index contributed by atoms with van der Waals surface area (Å²) in [5.41, 5.74) is 2.46. The van der Waals surface area contributed by atoms with Gasteiger partial charge in [-0.25, -0.2) is 18.1 Å². The molecule has 0 bridgehead atoms. The summed E-state index contributed by atoms with van der Waals surface area (Å²) in [5.74, 6) is 5.44. The number of nitrogens with two attached hydrogens (primary N) is 1. The first-order valence-corrected chi connectivity index (χ1v) is 6.28. The molecule has 18 heavy (non-hydrogen) atoms. The molecule has 0 aliphatic rings. The van der Waals surface area contributed by atoms with Crippen LogP contribution in [0.1, 0.15) is 5.82 Å². The van der Waals surface area contributed by atoms with E-state index in [4.69, 9.17) is 5.84 Å². The lowest BCUT2D eigenvalue weighted by atomic mass is 10.4. The molecule has 0 unspecified atom stereocenters. The number of rotatable bonds is 5. The van der Waals surface area contributed by atoms with Crippen LogP contribution >= 0.6 is 0 Å². The fourth-order valence-electron chi connectivity index (χ4n) is 1.21. The van der Waals surface area contributed by atoms with Crippen LogP contribution in [0.25, 0.3) is 0 Å². The number of nitrogens with zero attached hydrogens (tertiary/aromatic N) is 3. The number of hydrogen-bond acceptors (Lipinski definition) is 8. The van der Waals surface area contributed by atoms with Crippen molar-refractivity contribution in [1.82, 2.24) is 19.8 Å². The Morgan fingerprint density at radius 2 is 2.22 bits per heavy atom. The second-order valence-electron chi connectivity index (χ2n) is 3.17. The molecule has 0 aliphatic carbocycles. The molecule has 0 amide bonds. The van der Waals surface area contributed by atoms with Crippen molar-refractivity contribution in [1.29, 1.82) is 0 Å². The van der Waals surface area contributed by atoms with Gasteiger partial charge in [0.15, 0.2) is 10.9 Å². The molecular formula is C8H10N6O3S. The molecule has 96 valence electrons. The lowest BCUT2D eigenvalue weighted by Crippen LogP contribution is -2.26. The van der Waals surface area contributed by atoms with Crippen LogP contribution < -0.4 is 16.0 Å². The van der Waals surface area contributed by atoms with Crippen molar-refractivity contribution in [2.75, 3.05) is 5.43 Å². The summed E-state index contributed by atoms with van der Waals surface area (Å²) < 4.78 is 30.7. The Hall–Kier alpha value is -2.04.